The van der Waals surface area contributed by atoms with Crippen molar-refractivity contribution in [2.75, 3.05) is 11.9 Å². The van der Waals surface area contributed by atoms with Gasteiger partial charge in [0.05, 0.1) is 0 Å². The van der Waals surface area contributed by atoms with Crippen LogP contribution in [0.25, 0.3) is 0 Å². The van der Waals surface area contributed by atoms with Gasteiger partial charge in [-0.15, -0.1) is 0 Å². The smallest absolute Gasteiger partial charge is 0.226 e. The number of aryl methyl sites for hydroxylation is 2. The fourth-order valence-corrected chi connectivity index (χ4v) is 3.25. The summed E-state index contributed by atoms with van der Waals surface area (Å²) in [5, 5.41) is 2.93. The minimum absolute atomic E-state index is 0.0321. The summed E-state index contributed by atoms with van der Waals surface area (Å²) in [4.78, 5) is 25.9. The van der Waals surface area contributed by atoms with Crippen molar-refractivity contribution in [3.8, 4) is 0 Å². The Balaban J connectivity index is 1.88. The molecule has 0 bridgehead atoms. The Kier molecular flexibility index (Phi) is 6.20. The van der Waals surface area contributed by atoms with Crippen molar-refractivity contribution >= 4 is 17.5 Å². The van der Waals surface area contributed by atoms with Gasteiger partial charge in [0.25, 0.3) is 0 Å². The SMILES string of the molecule is CC(=O)N(CCC(=O)Nc1ccc(C)c(C)c1)C1CCCCC1. The van der Waals surface area contributed by atoms with E-state index < -0.39 is 0 Å². The van der Waals surface area contributed by atoms with Crippen LogP contribution in [0.2, 0.25) is 0 Å². The average Bonchev–Trinajstić information content (AvgIpc) is 2.52. The van der Waals surface area contributed by atoms with Gasteiger partial charge in [0.2, 0.25) is 11.8 Å². The van der Waals surface area contributed by atoms with Gasteiger partial charge in [0.15, 0.2) is 0 Å². The minimum Gasteiger partial charge on any atom is -0.339 e. The van der Waals surface area contributed by atoms with Crippen LogP contribution in [0.15, 0.2) is 18.2 Å². The zero-order chi connectivity index (χ0) is 16.8. The lowest BCUT2D eigenvalue weighted by Crippen LogP contribution is -2.41. The van der Waals surface area contributed by atoms with Gasteiger partial charge in [-0.05, 0) is 49.9 Å². The lowest BCUT2D eigenvalue weighted by molar-refractivity contribution is -0.132. The van der Waals surface area contributed by atoms with Crippen LogP contribution in [-0.4, -0.2) is 29.3 Å². The van der Waals surface area contributed by atoms with E-state index in [1.807, 2.05) is 30.0 Å². The molecule has 1 saturated carbocycles. The molecular weight excluding hydrogens is 288 g/mol. The third-order valence-electron chi connectivity index (χ3n) is 4.79. The van der Waals surface area contributed by atoms with Crippen molar-refractivity contribution in [1.29, 1.82) is 0 Å². The van der Waals surface area contributed by atoms with Gasteiger partial charge >= 0.3 is 0 Å². The molecule has 0 aromatic heterocycles. The third kappa shape index (κ3) is 5.08. The molecule has 2 rings (SSSR count). The first kappa shape index (κ1) is 17.5. The van der Waals surface area contributed by atoms with E-state index in [0.29, 0.717) is 19.0 Å². The third-order valence-corrected chi connectivity index (χ3v) is 4.79. The Morgan fingerprint density at radius 1 is 1.13 bits per heavy atom. The summed E-state index contributed by atoms with van der Waals surface area (Å²) in [6.45, 7) is 6.20. The second-order valence-corrected chi connectivity index (χ2v) is 6.60. The van der Waals surface area contributed by atoms with E-state index >= 15 is 0 Å². The summed E-state index contributed by atoms with van der Waals surface area (Å²) in [7, 11) is 0. The van der Waals surface area contributed by atoms with Crippen LogP contribution >= 0.6 is 0 Å². The number of nitrogens with one attached hydrogen (secondary N) is 1. The van der Waals surface area contributed by atoms with Crippen molar-refractivity contribution < 1.29 is 9.59 Å². The number of carbonyl (C=O) groups excluding carboxylic acids is 2. The molecule has 0 atom stereocenters. The Morgan fingerprint density at radius 3 is 2.43 bits per heavy atom. The molecule has 0 aliphatic heterocycles. The van der Waals surface area contributed by atoms with Crippen LogP contribution in [0.1, 0.15) is 56.6 Å². The van der Waals surface area contributed by atoms with E-state index in [1.54, 1.807) is 6.92 Å². The van der Waals surface area contributed by atoms with Crippen LogP contribution in [0, 0.1) is 13.8 Å². The van der Waals surface area contributed by atoms with Crippen molar-refractivity contribution in [2.24, 2.45) is 0 Å². The number of anilines is 1. The average molecular weight is 316 g/mol. The number of rotatable bonds is 5. The van der Waals surface area contributed by atoms with Crippen molar-refractivity contribution in [2.45, 2.75) is 65.3 Å². The highest BCUT2D eigenvalue weighted by Gasteiger charge is 2.23. The Bertz CT molecular complexity index is 562. The summed E-state index contributed by atoms with van der Waals surface area (Å²) >= 11 is 0. The quantitative estimate of drug-likeness (QED) is 0.898. The number of nitrogens with zero attached hydrogens (tertiary/aromatic N) is 1. The Hall–Kier alpha value is -1.84. The molecule has 0 heterocycles. The highest BCUT2D eigenvalue weighted by Crippen LogP contribution is 2.23. The second-order valence-electron chi connectivity index (χ2n) is 6.60. The van der Waals surface area contributed by atoms with E-state index in [-0.39, 0.29) is 11.8 Å². The van der Waals surface area contributed by atoms with Gasteiger partial charge in [-0.25, -0.2) is 0 Å². The van der Waals surface area contributed by atoms with Gasteiger partial charge in [-0.2, -0.15) is 0 Å². The van der Waals surface area contributed by atoms with Gasteiger partial charge in [0.1, 0.15) is 0 Å². The summed E-state index contributed by atoms with van der Waals surface area (Å²) in [5.41, 5.74) is 3.20. The minimum atomic E-state index is -0.0321. The molecule has 1 aliphatic carbocycles. The molecule has 0 saturated heterocycles. The zero-order valence-corrected chi connectivity index (χ0v) is 14.5. The maximum absolute atomic E-state index is 12.2. The number of benzene rings is 1. The maximum atomic E-state index is 12.2. The van der Waals surface area contributed by atoms with E-state index in [4.69, 9.17) is 0 Å². The Morgan fingerprint density at radius 2 is 1.83 bits per heavy atom. The molecule has 1 N–H and O–H groups in total. The number of carbonyl (C=O) groups is 2. The zero-order valence-electron chi connectivity index (χ0n) is 14.5. The molecule has 0 spiro atoms. The molecule has 2 amide bonds. The van der Waals surface area contributed by atoms with E-state index in [2.05, 4.69) is 12.2 Å². The molecule has 23 heavy (non-hydrogen) atoms. The lowest BCUT2D eigenvalue weighted by Gasteiger charge is -2.33. The first-order valence-electron chi connectivity index (χ1n) is 8.61. The molecule has 4 nitrogen and oxygen atoms in total. The van der Waals surface area contributed by atoms with Crippen molar-refractivity contribution in [1.82, 2.24) is 4.90 Å². The molecule has 0 unspecified atom stereocenters. The summed E-state index contributed by atoms with van der Waals surface area (Å²) in [6.07, 6.45) is 6.11. The van der Waals surface area contributed by atoms with Crippen molar-refractivity contribution in [3.63, 3.8) is 0 Å². The molecule has 0 radical (unpaired) electrons. The molecule has 4 heteroatoms. The van der Waals surface area contributed by atoms with Crippen LogP contribution in [-0.2, 0) is 9.59 Å². The van der Waals surface area contributed by atoms with E-state index in [9.17, 15) is 9.59 Å². The monoisotopic (exact) mass is 316 g/mol. The second kappa shape index (κ2) is 8.14. The van der Waals surface area contributed by atoms with Crippen LogP contribution in [0.5, 0.6) is 0 Å². The summed E-state index contributed by atoms with van der Waals surface area (Å²) in [6, 6.07) is 6.23. The fraction of sp³-hybridized carbons (Fsp3) is 0.579. The topological polar surface area (TPSA) is 49.4 Å². The van der Waals surface area contributed by atoms with Crippen LogP contribution < -0.4 is 5.32 Å². The summed E-state index contributed by atoms with van der Waals surface area (Å²) < 4.78 is 0. The predicted molar refractivity (Wildman–Crippen MR) is 93.4 cm³/mol. The fourth-order valence-electron chi connectivity index (χ4n) is 3.25. The maximum Gasteiger partial charge on any atom is 0.226 e. The van der Waals surface area contributed by atoms with E-state index in [0.717, 1.165) is 24.1 Å². The lowest BCUT2D eigenvalue weighted by atomic mass is 9.94. The standard InChI is InChI=1S/C19H28N2O2/c1-14-9-10-17(13-15(14)2)20-19(23)11-12-21(16(3)22)18-7-5-4-6-8-18/h9-10,13,18H,4-8,11-12H2,1-3H3,(H,20,23). The van der Waals surface area contributed by atoms with Gasteiger partial charge in [-0.1, -0.05) is 25.3 Å². The van der Waals surface area contributed by atoms with E-state index in [1.165, 1.54) is 24.8 Å². The highest BCUT2D eigenvalue weighted by atomic mass is 16.2. The molecular formula is C19H28N2O2. The Labute approximate surface area is 139 Å². The van der Waals surface area contributed by atoms with Gasteiger partial charge in [0, 0.05) is 31.6 Å². The molecule has 1 fully saturated rings. The highest BCUT2D eigenvalue weighted by molar-refractivity contribution is 5.91. The largest absolute Gasteiger partial charge is 0.339 e. The van der Waals surface area contributed by atoms with Crippen molar-refractivity contribution in [3.05, 3.63) is 29.3 Å². The predicted octanol–water partition coefficient (Wildman–Crippen LogP) is 3.81. The summed E-state index contributed by atoms with van der Waals surface area (Å²) in [5.74, 6) is 0.0474. The normalized spacial score (nSPS) is 15.3. The number of hydrogen-bond donors (Lipinski definition) is 1. The number of hydrogen-bond acceptors (Lipinski definition) is 2. The van der Waals surface area contributed by atoms with Gasteiger partial charge < -0.3 is 10.2 Å². The van der Waals surface area contributed by atoms with Crippen LogP contribution in [0.3, 0.4) is 0 Å². The number of amides is 2. The molecule has 126 valence electrons. The molecule has 1 aliphatic rings. The first-order valence-corrected chi connectivity index (χ1v) is 8.61. The van der Waals surface area contributed by atoms with Gasteiger partial charge in [-0.3, -0.25) is 9.59 Å². The molecule has 1 aromatic carbocycles. The molecule has 1 aromatic rings. The first-order chi connectivity index (χ1) is 11.0. The van der Waals surface area contributed by atoms with Crippen LogP contribution in [0.4, 0.5) is 5.69 Å².